The van der Waals surface area contributed by atoms with Crippen LogP contribution in [0.2, 0.25) is 0 Å². The third-order valence-electron chi connectivity index (χ3n) is 3.50. The number of anilines is 1. The number of amides is 3. The lowest BCUT2D eigenvalue weighted by atomic mass is 10.3. The molecule has 0 radical (unpaired) electrons. The van der Waals surface area contributed by atoms with Gasteiger partial charge in [-0.1, -0.05) is 13.0 Å². The van der Waals surface area contributed by atoms with Crippen molar-refractivity contribution < 1.29 is 9.59 Å². The van der Waals surface area contributed by atoms with Crippen LogP contribution in [0.25, 0.3) is 0 Å². The molecule has 2 rings (SSSR count). The second kappa shape index (κ2) is 8.33. The minimum atomic E-state index is -0.418. The zero-order valence-electron chi connectivity index (χ0n) is 12.9. The Morgan fingerprint density at radius 3 is 2.64 bits per heavy atom. The fourth-order valence-corrected chi connectivity index (χ4v) is 2.33. The first-order valence-electron chi connectivity index (χ1n) is 7.65. The average molecular weight is 305 g/mol. The summed E-state index contributed by atoms with van der Waals surface area (Å²) in [5.41, 5.74) is 0. The Balaban J connectivity index is 1.71. The van der Waals surface area contributed by atoms with Crippen LogP contribution < -0.4 is 15.5 Å². The second-order valence-electron chi connectivity index (χ2n) is 5.26. The maximum Gasteiger partial charge on any atom is 0.321 e. The molecule has 1 saturated heterocycles. The lowest BCUT2D eigenvalue weighted by molar-refractivity contribution is -0.121. The molecule has 0 bridgehead atoms. The molecule has 2 N–H and O–H groups in total. The van der Waals surface area contributed by atoms with Gasteiger partial charge in [-0.2, -0.15) is 0 Å². The molecule has 120 valence electrons. The van der Waals surface area contributed by atoms with E-state index >= 15 is 0 Å². The summed E-state index contributed by atoms with van der Waals surface area (Å²) in [6, 6.07) is 5.43. The quantitative estimate of drug-likeness (QED) is 0.825. The Morgan fingerprint density at radius 1 is 1.23 bits per heavy atom. The molecule has 0 aromatic carbocycles. The van der Waals surface area contributed by atoms with Gasteiger partial charge in [-0.15, -0.1) is 0 Å². The van der Waals surface area contributed by atoms with E-state index in [0.29, 0.717) is 6.54 Å². The molecular formula is C15H23N5O2. The van der Waals surface area contributed by atoms with Gasteiger partial charge in [-0.05, 0) is 18.6 Å². The van der Waals surface area contributed by atoms with Crippen molar-refractivity contribution in [2.75, 3.05) is 44.2 Å². The molecule has 0 aliphatic carbocycles. The number of nitrogens with one attached hydrogen (secondary N) is 2. The van der Waals surface area contributed by atoms with Gasteiger partial charge in [-0.3, -0.25) is 15.0 Å². The van der Waals surface area contributed by atoms with Gasteiger partial charge in [-0.25, -0.2) is 9.78 Å². The van der Waals surface area contributed by atoms with Gasteiger partial charge in [0.1, 0.15) is 5.82 Å². The van der Waals surface area contributed by atoms with Crippen LogP contribution in [-0.2, 0) is 4.79 Å². The highest BCUT2D eigenvalue weighted by Crippen LogP contribution is 2.12. The Morgan fingerprint density at radius 2 is 2.00 bits per heavy atom. The Bertz CT molecular complexity index is 486. The molecule has 0 atom stereocenters. The van der Waals surface area contributed by atoms with Gasteiger partial charge < -0.3 is 10.2 Å². The van der Waals surface area contributed by atoms with Gasteiger partial charge in [0.15, 0.2) is 0 Å². The molecule has 1 aliphatic heterocycles. The average Bonchev–Trinajstić information content (AvgIpc) is 2.54. The number of urea groups is 1. The van der Waals surface area contributed by atoms with Crippen LogP contribution in [0.3, 0.4) is 0 Å². The van der Waals surface area contributed by atoms with Crippen molar-refractivity contribution in [2.45, 2.75) is 13.3 Å². The smallest absolute Gasteiger partial charge is 0.321 e. The van der Waals surface area contributed by atoms with Gasteiger partial charge in [0.2, 0.25) is 5.91 Å². The Hall–Kier alpha value is -2.15. The third-order valence-corrected chi connectivity index (χ3v) is 3.50. The van der Waals surface area contributed by atoms with Crippen LogP contribution >= 0.6 is 0 Å². The molecule has 1 aromatic heterocycles. The minimum Gasteiger partial charge on any atom is -0.354 e. The SMILES string of the molecule is CCCNC(=O)NC(=O)CN1CCN(c2ccccn2)CC1. The topological polar surface area (TPSA) is 77.6 Å². The van der Waals surface area contributed by atoms with Crippen molar-refractivity contribution >= 4 is 17.8 Å². The molecule has 0 unspecified atom stereocenters. The zero-order valence-corrected chi connectivity index (χ0v) is 12.9. The molecule has 0 spiro atoms. The number of pyridine rings is 1. The van der Waals surface area contributed by atoms with Crippen LogP contribution in [0.5, 0.6) is 0 Å². The molecule has 3 amide bonds. The number of hydrogen-bond donors (Lipinski definition) is 2. The highest BCUT2D eigenvalue weighted by atomic mass is 16.2. The number of imide groups is 1. The first-order chi connectivity index (χ1) is 10.7. The van der Waals surface area contributed by atoms with E-state index in [0.717, 1.165) is 38.4 Å². The van der Waals surface area contributed by atoms with Crippen molar-refractivity contribution in [2.24, 2.45) is 0 Å². The monoisotopic (exact) mass is 305 g/mol. The van der Waals surface area contributed by atoms with E-state index in [1.54, 1.807) is 6.20 Å². The summed E-state index contributed by atoms with van der Waals surface area (Å²) in [6.45, 7) is 5.99. The molecule has 1 fully saturated rings. The maximum absolute atomic E-state index is 11.8. The number of carbonyl (C=O) groups is 2. The second-order valence-corrected chi connectivity index (χ2v) is 5.26. The first kappa shape index (κ1) is 16.2. The third kappa shape index (κ3) is 5.00. The van der Waals surface area contributed by atoms with Crippen LogP contribution in [0.15, 0.2) is 24.4 Å². The summed E-state index contributed by atoms with van der Waals surface area (Å²) < 4.78 is 0. The fraction of sp³-hybridized carbons (Fsp3) is 0.533. The molecular weight excluding hydrogens is 282 g/mol. The van der Waals surface area contributed by atoms with E-state index in [2.05, 4.69) is 20.5 Å². The van der Waals surface area contributed by atoms with Crippen molar-refractivity contribution in [3.63, 3.8) is 0 Å². The van der Waals surface area contributed by atoms with Crippen molar-refractivity contribution in [1.29, 1.82) is 0 Å². The first-order valence-corrected chi connectivity index (χ1v) is 7.65. The summed E-state index contributed by atoms with van der Waals surface area (Å²) in [5.74, 6) is 0.699. The van der Waals surface area contributed by atoms with Gasteiger partial charge in [0.25, 0.3) is 0 Å². The number of hydrogen-bond acceptors (Lipinski definition) is 5. The van der Waals surface area contributed by atoms with Gasteiger partial charge in [0.05, 0.1) is 6.54 Å². The Kier molecular flexibility index (Phi) is 6.14. The lowest BCUT2D eigenvalue weighted by Gasteiger charge is -2.34. The highest BCUT2D eigenvalue weighted by molar-refractivity contribution is 5.95. The van der Waals surface area contributed by atoms with E-state index < -0.39 is 6.03 Å². The van der Waals surface area contributed by atoms with E-state index in [1.165, 1.54) is 0 Å². The largest absolute Gasteiger partial charge is 0.354 e. The lowest BCUT2D eigenvalue weighted by Crippen LogP contribution is -2.51. The Labute approximate surface area is 130 Å². The normalized spacial score (nSPS) is 15.4. The molecule has 22 heavy (non-hydrogen) atoms. The maximum atomic E-state index is 11.8. The number of rotatable bonds is 5. The number of piperazine rings is 1. The van der Waals surface area contributed by atoms with Crippen LogP contribution in [0.4, 0.5) is 10.6 Å². The predicted molar refractivity (Wildman–Crippen MR) is 84.7 cm³/mol. The summed E-state index contributed by atoms with van der Waals surface area (Å²) in [6.07, 6.45) is 2.63. The molecule has 2 heterocycles. The number of nitrogens with zero attached hydrogens (tertiary/aromatic N) is 3. The van der Waals surface area contributed by atoms with E-state index in [1.807, 2.05) is 30.0 Å². The van der Waals surface area contributed by atoms with Crippen LogP contribution in [0.1, 0.15) is 13.3 Å². The molecule has 0 saturated carbocycles. The number of carbonyl (C=O) groups excluding carboxylic acids is 2. The molecule has 7 heteroatoms. The van der Waals surface area contributed by atoms with Crippen molar-refractivity contribution in [3.05, 3.63) is 24.4 Å². The van der Waals surface area contributed by atoms with E-state index in [4.69, 9.17) is 0 Å². The van der Waals surface area contributed by atoms with Gasteiger partial charge in [0, 0.05) is 38.9 Å². The van der Waals surface area contributed by atoms with Crippen molar-refractivity contribution in [3.8, 4) is 0 Å². The summed E-state index contributed by atoms with van der Waals surface area (Å²) >= 11 is 0. The predicted octanol–water partition coefficient (Wildman–Crippen LogP) is 0.439. The summed E-state index contributed by atoms with van der Waals surface area (Å²) in [7, 11) is 0. The minimum absolute atomic E-state index is 0.246. The van der Waals surface area contributed by atoms with Crippen molar-refractivity contribution in [1.82, 2.24) is 20.5 Å². The van der Waals surface area contributed by atoms with Gasteiger partial charge >= 0.3 is 6.03 Å². The standard InChI is InChI=1S/C15H23N5O2/c1-2-6-17-15(22)18-14(21)12-19-8-10-20(11-9-19)13-5-3-4-7-16-13/h3-5,7H,2,6,8-12H2,1H3,(H2,17,18,21,22). The molecule has 1 aromatic rings. The fourth-order valence-electron chi connectivity index (χ4n) is 2.33. The van der Waals surface area contributed by atoms with Crippen LogP contribution in [-0.4, -0.2) is 61.1 Å². The summed E-state index contributed by atoms with van der Waals surface area (Å²) in [5, 5.41) is 4.97. The van der Waals surface area contributed by atoms with E-state index in [9.17, 15) is 9.59 Å². The number of aromatic nitrogens is 1. The van der Waals surface area contributed by atoms with E-state index in [-0.39, 0.29) is 12.5 Å². The highest BCUT2D eigenvalue weighted by Gasteiger charge is 2.20. The molecule has 7 nitrogen and oxygen atoms in total. The zero-order chi connectivity index (χ0) is 15.8. The van der Waals surface area contributed by atoms with Crippen LogP contribution in [0, 0.1) is 0 Å². The molecule has 1 aliphatic rings. The summed E-state index contributed by atoms with van der Waals surface area (Å²) in [4.78, 5) is 31.8.